The second-order valence-corrected chi connectivity index (χ2v) is 9.18. The van der Waals surface area contributed by atoms with Crippen LogP contribution in [0.25, 0.3) is 0 Å². The monoisotopic (exact) mass is 421 g/mol. The summed E-state index contributed by atoms with van der Waals surface area (Å²) in [5.41, 5.74) is 0.869. The van der Waals surface area contributed by atoms with Crippen molar-refractivity contribution in [2.45, 2.75) is 35.3 Å². The summed E-state index contributed by atoms with van der Waals surface area (Å²) in [7, 11) is -2.26. The summed E-state index contributed by atoms with van der Waals surface area (Å²) in [6, 6.07) is 13.1. The van der Waals surface area contributed by atoms with Gasteiger partial charge in [0, 0.05) is 11.4 Å². The number of ether oxygens (including phenoxy) is 2. The maximum absolute atomic E-state index is 13.0. The predicted molar refractivity (Wildman–Crippen MR) is 108 cm³/mol. The van der Waals surface area contributed by atoms with Crippen LogP contribution in [0.15, 0.2) is 58.3 Å². The summed E-state index contributed by atoms with van der Waals surface area (Å²) >= 11 is 1.64. The van der Waals surface area contributed by atoms with Crippen molar-refractivity contribution in [3.05, 3.63) is 54.1 Å². The van der Waals surface area contributed by atoms with Crippen LogP contribution in [-0.2, 0) is 26.2 Å². The van der Waals surface area contributed by atoms with Gasteiger partial charge in [-0.3, -0.25) is 4.79 Å². The Hall–Kier alpha value is -2.03. The van der Waals surface area contributed by atoms with Crippen molar-refractivity contribution < 1.29 is 22.7 Å². The number of carbonyl (C=O) groups excluding carboxylic acids is 1. The molecule has 150 valence electrons. The molecule has 1 aliphatic heterocycles. The summed E-state index contributed by atoms with van der Waals surface area (Å²) in [6.45, 7) is 0.428. The van der Waals surface area contributed by atoms with Crippen LogP contribution in [0.5, 0.6) is 5.75 Å². The molecule has 1 saturated heterocycles. The number of esters is 1. The van der Waals surface area contributed by atoms with Crippen LogP contribution in [-0.4, -0.2) is 44.6 Å². The average Bonchev–Trinajstić information content (AvgIpc) is 3.23. The van der Waals surface area contributed by atoms with Crippen molar-refractivity contribution in [2.24, 2.45) is 0 Å². The quantitative estimate of drug-likeness (QED) is 0.504. The van der Waals surface area contributed by atoms with Gasteiger partial charge in [0.2, 0.25) is 10.0 Å². The molecule has 28 heavy (non-hydrogen) atoms. The van der Waals surface area contributed by atoms with Gasteiger partial charge in [-0.1, -0.05) is 12.1 Å². The fraction of sp³-hybridized carbons (Fsp3) is 0.350. The van der Waals surface area contributed by atoms with Gasteiger partial charge in [0.25, 0.3) is 0 Å². The third-order valence-electron chi connectivity index (χ3n) is 4.68. The van der Waals surface area contributed by atoms with Crippen LogP contribution >= 0.6 is 11.8 Å². The minimum atomic E-state index is -3.78. The van der Waals surface area contributed by atoms with Crippen molar-refractivity contribution in [2.75, 3.05) is 19.9 Å². The number of hydrogen-bond acceptors (Lipinski definition) is 6. The van der Waals surface area contributed by atoms with E-state index in [1.54, 1.807) is 23.9 Å². The zero-order valence-electron chi connectivity index (χ0n) is 15.8. The Bertz CT molecular complexity index is 911. The summed E-state index contributed by atoms with van der Waals surface area (Å²) < 4.78 is 37.7. The number of rotatable bonds is 7. The van der Waals surface area contributed by atoms with E-state index in [4.69, 9.17) is 9.47 Å². The molecule has 0 aliphatic carbocycles. The maximum atomic E-state index is 13.0. The van der Waals surface area contributed by atoms with Crippen LogP contribution in [0, 0.1) is 0 Å². The largest absolute Gasteiger partial charge is 0.497 e. The Balaban J connectivity index is 1.69. The van der Waals surface area contributed by atoms with Crippen LogP contribution < -0.4 is 4.74 Å². The highest BCUT2D eigenvalue weighted by Crippen LogP contribution is 2.28. The van der Waals surface area contributed by atoms with E-state index in [1.165, 1.54) is 23.5 Å². The Labute approximate surface area is 169 Å². The Kier molecular flexibility index (Phi) is 6.64. The minimum Gasteiger partial charge on any atom is -0.497 e. The molecule has 0 bridgehead atoms. The second kappa shape index (κ2) is 8.98. The molecule has 0 aromatic heterocycles. The lowest BCUT2D eigenvalue weighted by Gasteiger charge is -2.23. The molecule has 0 radical (unpaired) electrons. The molecule has 2 aromatic carbocycles. The molecular weight excluding hydrogens is 398 g/mol. The maximum Gasteiger partial charge on any atom is 0.324 e. The van der Waals surface area contributed by atoms with Gasteiger partial charge in [-0.05, 0) is 61.1 Å². The van der Waals surface area contributed by atoms with E-state index >= 15 is 0 Å². The molecule has 0 amide bonds. The van der Waals surface area contributed by atoms with E-state index < -0.39 is 22.0 Å². The fourth-order valence-corrected chi connectivity index (χ4v) is 5.17. The van der Waals surface area contributed by atoms with Crippen molar-refractivity contribution in [3.63, 3.8) is 0 Å². The number of nitrogens with zero attached hydrogens (tertiary/aromatic N) is 1. The zero-order valence-corrected chi connectivity index (χ0v) is 17.5. The Morgan fingerprint density at radius 1 is 1.14 bits per heavy atom. The number of carbonyl (C=O) groups is 1. The van der Waals surface area contributed by atoms with Gasteiger partial charge in [0.15, 0.2) is 0 Å². The van der Waals surface area contributed by atoms with Gasteiger partial charge >= 0.3 is 5.97 Å². The van der Waals surface area contributed by atoms with E-state index in [0.717, 1.165) is 10.5 Å². The summed E-state index contributed by atoms with van der Waals surface area (Å²) in [5, 5.41) is 0. The van der Waals surface area contributed by atoms with Crippen molar-refractivity contribution >= 4 is 27.8 Å². The van der Waals surface area contributed by atoms with E-state index in [2.05, 4.69) is 0 Å². The third-order valence-corrected chi connectivity index (χ3v) is 7.35. The van der Waals surface area contributed by atoms with Gasteiger partial charge < -0.3 is 9.47 Å². The Morgan fingerprint density at radius 2 is 1.82 bits per heavy atom. The van der Waals surface area contributed by atoms with Crippen LogP contribution in [0.4, 0.5) is 0 Å². The molecule has 1 atom stereocenters. The first-order valence-electron chi connectivity index (χ1n) is 8.91. The van der Waals surface area contributed by atoms with E-state index in [9.17, 15) is 13.2 Å². The number of sulfonamides is 1. The number of hydrogen-bond donors (Lipinski definition) is 0. The molecule has 3 rings (SSSR count). The lowest BCUT2D eigenvalue weighted by molar-refractivity contribution is -0.148. The molecule has 0 N–H and O–H groups in total. The Morgan fingerprint density at radius 3 is 2.43 bits per heavy atom. The highest BCUT2D eigenvalue weighted by Gasteiger charge is 2.40. The first-order chi connectivity index (χ1) is 13.5. The molecule has 1 heterocycles. The normalized spacial score (nSPS) is 17.4. The number of methoxy groups -OCH3 is 1. The van der Waals surface area contributed by atoms with Crippen LogP contribution in [0.3, 0.4) is 0 Å². The lowest BCUT2D eigenvalue weighted by Crippen LogP contribution is -2.41. The molecule has 0 unspecified atom stereocenters. The predicted octanol–water partition coefficient (Wildman–Crippen LogP) is 3.31. The lowest BCUT2D eigenvalue weighted by atomic mass is 10.2. The minimum absolute atomic E-state index is 0.125. The summed E-state index contributed by atoms with van der Waals surface area (Å²) in [4.78, 5) is 13.8. The molecule has 1 aliphatic rings. The smallest absolute Gasteiger partial charge is 0.324 e. The molecule has 6 nitrogen and oxygen atoms in total. The topological polar surface area (TPSA) is 72.9 Å². The zero-order chi connectivity index (χ0) is 20.1. The highest BCUT2D eigenvalue weighted by atomic mass is 32.2. The van der Waals surface area contributed by atoms with Gasteiger partial charge in [-0.15, -0.1) is 11.8 Å². The SMILES string of the molecule is COc1ccc(S(=O)(=O)N2CCC[C@H]2C(=O)OCc2ccc(SC)cc2)cc1. The fourth-order valence-electron chi connectivity index (χ4n) is 3.12. The van der Waals surface area contributed by atoms with Gasteiger partial charge in [-0.2, -0.15) is 4.31 Å². The molecule has 8 heteroatoms. The van der Waals surface area contributed by atoms with Crippen LogP contribution in [0.1, 0.15) is 18.4 Å². The number of benzene rings is 2. The molecule has 0 saturated carbocycles. The van der Waals surface area contributed by atoms with Gasteiger partial charge in [0.05, 0.1) is 12.0 Å². The van der Waals surface area contributed by atoms with Crippen LogP contribution in [0.2, 0.25) is 0 Å². The summed E-state index contributed by atoms with van der Waals surface area (Å²) in [6.07, 6.45) is 3.07. The van der Waals surface area contributed by atoms with E-state index in [-0.39, 0.29) is 11.5 Å². The van der Waals surface area contributed by atoms with Gasteiger partial charge in [0.1, 0.15) is 18.4 Å². The molecular formula is C20H23NO5S2. The van der Waals surface area contributed by atoms with Crippen molar-refractivity contribution in [3.8, 4) is 5.75 Å². The standard InChI is InChI=1S/C20H23NO5S2/c1-25-16-7-11-18(12-8-16)28(23,24)21-13-3-4-19(21)20(22)26-14-15-5-9-17(27-2)10-6-15/h5-12,19H,3-4,13-14H2,1-2H3/t19-/m0/s1. The molecule has 2 aromatic rings. The van der Waals surface area contributed by atoms with Crippen molar-refractivity contribution in [1.29, 1.82) is 0 Å². The number of thioether (sulfide) groups is 1. The second-order valence-electron chi connectivity index (χ2n) is 6.41. The molecule has 1 fully saturated rings. The van der Waals surface area contributed by atoms with Gasteiger partial charge in [-0.25, -0.2) is 8.42 Å². The first-order valence-corrected chi connectivity index (χ1v) is 11.6. The van der Waals surface area contributed by atoms with E-state index in [1.807, 2.05) is 30.5 Å². The average molecular weight is 422 g/mol. The summed E-state index contributed by atoms with van der Waals surface area (Å²) in [5.74, 6) is 0.0624. The first kappa shape index (κ1) is 20.7. The van der Waals surface area contributed by atoms with Crippen molar-refractivity contribution in [1.82, 2.24) is 4.31 Å². The third kappa shape index (κ3) is 4.51. The highest BCUT2D eigenvalue weighted by molar-refractivity contribution is 7.98. The van der Waals surface area contributed by atoms with E-state index in [0.29, 0.717) is 25.1 Å². The molecule has 0 spiro atoms.